The van der Waals surface area contributed by atoms with E-state index in [4.69, 9.17) is 4.74 Å². The van der Waals surface area contributed by atoms with Crippen LogP contribution in [0, 0.1) is 11.8 Å². The Morgan fingerprint density at radius 3 is 2.16 bits per heavy atom. The second-order valence-corrected chi connectivity index (χ2v) is 13.5. The molecule has 0 spiro atoms. The van der Waals surface area contributed by atoms with Crippen LogP contribution in [0.15, 0.2) is 65.7 Å². The topological polar surface area (TPSA) is 192 Å². The molecule has 1 unspecified atom stereocenters. The number of benzene rings is 1. The summed E-state index contributed by atoms with van der Waals surface area (Å²) in [6, 6.07) is 9.03. The number of hydrogen-bond donors (Lipinski definition) is 6. The molecule has 0 aliphatic rings. The molecule has 50 heavy (non-hydrogen) atoms. The van der Waals surface area contributed by atoms with Crippen molar-refractivity contribution in [2.75, 3.05) is 6.61 Å². The van der Waals surface area contributed by atoms with Crippen molar-refractivity contribution >= 4 is 35.2 Å². The third kappa shape index (κ3) is 13.8. The number of hydrogen-bond acceptors (Lipinski definition) is 10. The number of nitrogens with zero attached hydrogens (tertiary/aromatic N) is 2. The van der Waals surface area contributed by atoms with Crippen molar-refractivity contribution in [3.8, 4) is 0 Å². The van der Waals surface area contributed by atoms with Gasteiger partial charge in [-0.3, -0.25) is 19.4 Å². The zero-order valence-corrected chi connectivity index (χ0v) is 29.9. The van der Waals surface area contributed by atoms with Crippen LogP contribution >= 0.6 is 11.3 Å². The summed E-state index contributed by atoms with van der Waals surface area (Å²) in [5.41, 5.74) is 3.68. The lowest BCUT2D eigenvalue weighted by Crippen LogP contribution is -2.57. The lowest BCUT2D eigenvalue weighted by atomic mass is 9.95. The predicted octanol–water partition coefficient (Wildman–Crippen LogP) is 2.91. The number of aromatic nitrogens is 2. The molecule has 6 N–H and O–H groups in total. The van der Waals surface area contributed by atoms with Gasteiger partial charge in [-0.1, -0.05) is 64.4 Å². The summed E-state index contributed by atoms with van der Waals surface area (Å²) in [6.45, 7) is 7.50. The Morgan fingerprint density at radius 1 is 0.860 bits per heavy atom. The van der Waals surface area contributed by atoms with Gasteiger partial charge in [0.1, 0.15) is 18.7 Å². The minimum Gasteiger partial charge on any atom is -0.445 e. The normalized spacial score (nSPS) is 14.8. The SMILES string of the molecule is CC[C@H](C)[C@@H](CO)NC(=O)C[C@H](O)[C@H](CC(C)C)NC(=O)C(Cc1cscn1)NC(=O)[C@H](Cc1ccncc1)NC(=O)OCc1ccccc1. The van der Waals surface area contributed by atoms with Crippen LogP contribution < -0.4 is 21.3 Å². The van der Waals surface area contributed by atoms with E-state index < -0.39 is 54.1 Å². The van der Waals surface area contributed by atoms with Crippen LogP contribution in [-0.2, 0) is 38.6 Å². The number of carbonyl (C=O) groups is 4. The third-order valence-corrected chi connectivity index (χ3v) is 8.96. The number of ether oxygens (including phenoxy) is 1. The highest BCUT2D eigenvalue weighted by atomic mass is 32.1. The van der Waals surface area contributed by atoms with E-state index in [-0.39, 0.29) is 44.3 Å². The van der Waals surface area contributed by atoms with Crippen LogP contribution in [-0.4, -0.2) is 80.9 Å². The summed E-state index contributed by atoms with van der Waals surface area (Å²) in [5.74, 6) is -1.58. The van der Waals surface area contributed by atoms with E-state index in [1.807, 2.05) is 58.0 Å². The number of pyridine rings is 1. The van der Waals surface area contributed by atoms with Crippen molar-refractivity contribution < 1.29 is 34.1 Å². The Hall–Kier alpha value is -4.40. The molecule has 13 nitrogen and oxygen atoms in total. The molecule has 0 aliphatic carbocycles. The largest absolute Gasteiger partial charge is 0.445 e. The maximum atomic E-state index is 13.9. The fourth-order valence-corrected chi connectivity index (χ4v) is 5.82. The second-order valence-electron chi connectivity index (χ2n) is 12.8. The summed E-state index contributed by atoms with van der Waals surface area (Å²) in [7, 11) is 0. The van der Waals surface area contributed by atoms with Gasteiger partial charge in [-0.25, -0.2) is 9.78 Å². The fraction of sp³-hybridized carbons (Fsp3) is 0.500. The van der Waals surface area contributed by atoms with Gasteiger partial charge in [-0.2, -0.15) is 0 Å². The first-order valence-electron chi connectivity index (χ1n) is 16.9. The number of aliphatic hydroxyl groups is 2. The summed E-state index contributed by atoms with van der Waals surface area (Å²) in [6.07, 6.45) is 2.04. The summed E-state index contributed by atoms with van der Waals surface area (Å²) >= 11 is 1.34. The van der Waals surface area contributed by atoms with Crippen molar-refractivity contribution in [3.63, 3.8) is 0 Å². The highest BCUT2D eigenvalue weighted by molar-refractivity contribution is 7.07. The predicted molar refractivity (Wildman–Crippen MR) is 190 cm³/mol. The number of amides is 4. The standard InChI is InChI=1S/C36H50N6O7S/c1-5-24(4)31(19-43)39-33(45)18-32(44)28(15-23(2)3)40-35(47)30(17-27-21-50-22-38-27)41-34(46)29(16-25-11-13-37-14-12-25)42-36(48)49-20-26-9-7-6-8-10-26/h6-14,21-24,28-32,43-44H,5,15-20H2,1-4H3,(H,39,45)(H,40,47)(H,41,46)(H,42,48)/t24-,28-,29-,30?,31+,32-/m0/s1. The molecule has 0 radical (unpaired) electrons. The van der Waals surface area contributed by atoms with Crippen molar-refractivity contribution in [3.05, 3.63) is 82.6 Å². The van der Waals surface area contributed by atoms with E-state index >= 15 is 0 Å². The first-order chi connectivity index (χ1) is 24.0. The Labute approximate surface area is 297 Å². The molecule has 0 aliphatic heterocycles. The number of carbonyl (C=O) groups excluding carboxylic acids is 4. The average Bonchev–Trinajstić information content (AvgIpc) is 3.62. The van der Waals surface area contributed by atoms with Gasteiger partial charge in [-0.05, 0) is 41.5 Å². The van der Waals surface area contributed by atoms with Crippen molar-refractivity contribution in [1.82, 2.24) is 31.2 Å². The zero-order valence-electron chi connectivity index (χ0n) is 29.1. The van der Waals surface area contributed by atoms with Crippen LogP contribution in [0.2, 0.25) is 0 Å². The van der Waals surface area contributed by atoms with E-state index in [0.29, 0.717) is 12.1 Å². The highest BCUT2D eigenvalue weighted by Gasteiger charge is 2.32. The highest BCUT2D eigenvalue weighted by Crippen LogP contribution is 2.14. The van der Waals surface area contributed by atoms with Gasteiger partial charge >= 0.3 is 6.09 Å². The van der Waals surface area contributed by atoms with Gasteiger partial charge in [0.25, 0.3) is 0 Å². The first kappa shape index (κ1) is 40.0. The molecule has 0 fully saturated rings. The van der Waals surface area contributed by atoms with Crippen LogP contribution in [0.4, 0.5) is 4.79 Å². The van der Waals surface area contributed by atoms with Crippen LogP contribution in [0.3, 0.4) is 0 Å². The fourth-order valence-electron chi connectivity index (χ4n) is 5.25. The maximum Gasteiger partial charge on any atom is 0.408 e. The van der Waals surface area contributed by atoms with E-state index in [0.717, 1.165) is 17.5 Å². The smallest absolute Gasteiger partial charge is 0.408 e. The van der Waals surface area contributed by atoms with Gasteiger partial charge in [-0.15, -0.1) is 11.3 Å². The minimum absolute atomic E-state index is 0.000993. The van der Waals surface area contributed by atoms with Crippen LogP contribution in [0.1, 0.15) is 63.8 Å². The molecule has 4 amide bonds. The Bertz CT molecular complexity index is 1460. The lowest BCUT2D eigenvalue weighted by molar-refractivity contribution is -0.131. The maximum absolute atomic E-state index is 13.9. The van der Waals surface area contributed by atoms with Crippen molar-refractivity contribution in [2.24, 2.45) is 11.8 Å². The number of rotatable bonds is 20. The van der Waals surface area contributed by atoms with Crippen molar-refractivity contribution in [1.29, 1.82) is 0 Å². The third-order valence-electron chi connectivity index (χ3n) is 8.33. The number of alkyl carbamates (subject to hydrolysis) is 1. The number of nitrogens with one attached hydrogen (secondary N) is 4. The van der Waals surface area contributed by atoms with Gasteiger partial charge in [0, 0.05) is 30.6 Å². The Kier molecular flexibility index (Phi) is 16.8. The molecule has 3 rings (SSSR count). The molecule has 6 atom stereocenters. The molecule has 2 aromatic heterocycles. The lowest BCUT2D eigenvalue weighted by Gasteiger charge is -2.29. The molecule has 14 heteroatoms. The molecular weight excluding hydrogens is 660 g/mol. The van der Waals surface area contributed by atoms with Crippen LogP contribution in [0.25, 0.3) is 0 Å². The first-order valence-corrected chi connectivity index (χ1v) is 17.8. The van der Waals surface area contributed by atoms with Crippen molar-refractivity contribution in [2.45, 2.75) is 96.7 Å². The van der Waals surface area contributed by atoms with Gasteiger partial charge in [0.15, 0.2) is 0 Å². The molecule has 0 bridgehead atoms. The quantitative estimate of drug-likeness (QED) is 0.102. The van der Waals surface area contributed by atoms with Gasteiger partial charge in [0.05, 0.1) is 42.4 Å². The molecule has 2 heterocycles. The molecule has 0 saturated heterocycles. The zero-order chi connectivity index (χ0) is 36.5. The van der Waals surface area contributed by atoms with Crippen LogP contribution in [0.5, 0.6) is 0 Å². The molecule has 0 saturated carbocycles. The van der Waals surface area contributed by atoms with Gasteiger partial charge < -0.3 is 36.2 Å². The molecule has 1 aromatic carbocycles. The minimum atomic E-state index is -1.24. The Morgan fingerprint density at radius 2 is 1.54 bits per heavy atom. The average molecular weight is 711 g/mol. The van der Waals surface area contributed by atoms with E-state index in [1.165, 1.54) is 11.3 Å². The number of aliphatic hydroxyl groups excluding tert-OH is 2. The monoisotopic (exact) mass is 710 g/mol. The second kappa shape index (κ2) is 21.0. The molecular formula is C36H50N6O7S. The summed E-state index contributed by atoms with van der Waals surface area (Å²) in [4.78, 5) is 61.7. The summed E-state index contributed by atoms with van der Waals surface area (Å²) < 4.78 is 5.38. The Balaban J connectivity index is 1.77. The molecule has 272 valence electrons. The summed E-state index contributed by atoms with van der Waals surface area (Å²) in [5, 5.41) is 33.7. The van der Waals surface area contributed by atoms with E-state index in [9.17, 15) is 29.4 Å². The van der Waals surface area contributed by atoms with E-state index in [1.54, 1.807) is 35.4 Å². The van der Waals surface area contributed by atoms with Gasteiger partial charge in [0.2, 0.25) is 17.7 Å². The molecule has 3 aromatic rings. The van der Waals surface area contributed by atoms with E-state index in [2.05, 4.69) is 31.2 Å². The number of thiazole rings is 1.